The number of carboxylic acid groups (broad SMARTS) is 1. The highest BCUT2D eigenvalue weighted by molar-refractivity contribution is 6.42. The van der Waals surface area contributed by atoms with Gasteiger partial charge in [0, 0.05) is 5.69 Å². The van der Waals surface area contributed by atoms with E-state index in [2.05, 4.69) is 10.6 Å². The Hall–Kier alpha value is -1.46. The van der Waals surface area contributed by atoms with Gasteiger partial charge in [0.1, 0.15) is 6.04 Å². The van der Waals surface area contributed by atoms with E-state index in [1.807, 2.05) is 6.92 Å². The number of carboxylic acids is 1. The van der Waals surface area contributed by atoms with Gasteiger partial charge in [0.25, 0.3) is 0 Å². The second-order valence-corrected chi connectivity index (χ2v) is 5.04. The summed E-state index contributed by atoms with van der Waals surface area (Å²) in [6.07, 6.45) is 1.07. The van der Waals surface area contributed by atoms with Gasteiger partial charge in [0.15, 0.2) is 0 Å². The van der Waals surface area contributed by atoms with Gasteiger partial charge in [0.2, 0.25) is 5.91 Å². The molecule has 3 N–H and O–H groups in total. The van der Waals surface area contributed by atoms with Crippen molar-refractivity contribution < 1.29 is 14.7 Å². The number of nitrogens with one attached hydrogen (secondary N) is 2. The van der Waals surface area contributed by atoms with Gasteiger partial charge in [-0.25, -0.2) is 4.79 Å². The van der Waals surface area contributed by atoms with Gasteiger partial charge < -0.3 is 15.7 Å². The van der Waals surface area contributed by atoms with Crippen molar-refractivity contribution in [3.8, 4) is 0 Å². The summed E-state index contributed by atoms with van der Waals surface area (Å²) in [5.74, 6) is -1.42. The van der Waals surface area contributed by atoms with Gasteiger partial charge in [-0.05, 0) is 24.6 Å². The molecule has 0 fully saturated rings. The second kappa shape index (κ2) is 7.97. The number of benzene rings is 1. The number of anilines is 1. The molecule has 1 rings (SSSR count). The molecule has 0 saturated heterocycles. The van der Waals surface area contributed by atoms with E-state index in [4.69, 9.17) is 28.3 Å². The van der Waals surface area contributed by atoms with Crippen LogP contribution in [0, 0.1) is 0 Å². The lowest BCUT2D eigenvalue weighted by Gasteiger charge is -2.14. The molecule has 5 nitrogen and oxygen atoms in total. The fraction of sp³-hybridized carbons (Fsp3) is 0.385. The third kappa shape index (κ3) is 5.27. The number of hydrogen-bond acceptors (Lipinski definition) is 3. The first kappa shape index (κ1) is 16.6. The molecule has 0 heterocycles. The summed E-state index contributed by atoms with van der Waals surface area (Å²) in [7, 11) is 0. The first-order valence-electron chi connectivity index (χ1n) is 6.15. The summed E-state index contributed by atoms with van der Waals surface area (Å²) in [5.41, 5.74) is 0.636. The van der Waals surface area contributed by atoms with Crippen molar-refractivity contribution in [2.24, 2.45) is 0 Å². The lowest BCUT2D eigenvalue weighted by molar-refractivity contribution is -0.141. The topological polar surface area (TPSA) is 78.4 Å². The first-order chi connectivity index (χ1) is 9.43. The lowest BCUT2D eigenvalue weighted by atomic mass is 10.1. The largest absolute Gasteiger partial charge is 0.480 e. The number of carbonyl (C=O) groups excluding carboxylic acids is 1. The predicted molar refractivity (Wildman–Crippen MR) is 79.4 cm³/mol. The average Bonchev–Trinajstić information content (AvgIpc) is 2.39. The Morgan fingerprint density at radius 3 is 2.55 bits per heavy atom. The van der Waals surface area contributed by atoms with Crippen LogP contribution >= 0.6 is 23.2 Å². The predicted octanol–water partition coefficient (Wildman–Crippen LogP) is 2.77. The number of amides is 1. The highest BCUT2D eigenvalue weighted by Gasteiger charge is 2.18. The number of halogens is 2. The third-order valence-corrected chi connectivity index (χ3v) is 3.32. The minimum absolute atomic E-state index is 0.0363. The highest BCUT2D eigenvalue weighted by Crippen LogP contribution is 2.24. The Bertz CT molecular complexity index is 495. The van der Waals surface area contributed by atoms with Crippen molar-refractivity contribution in [2.75, 3.05) is 11.9 Å². The number of aliphatic carboxylic acids is 1. The molecule has 7 heteroatoms. The zero-order valence-electron chi connectivity index (χ0n) is 11.0. The maximum Gasteiger partial charge on any atom is 0.326 e. The minimum atomic E-state index is -1.03. The van der Waals surface area contributed by atoms with E-state index in [1.54, 1.807) is 18.2 Å². The Kier molecular flexibility index (Phi) is 6.61. The monoisotopic (exact) mass is 318 g/mol. The van der Waals surface area contributed by atoms with E-state index in [-0.39, 0.29) is 6.54 Å². The standard InChI is InChI=1S/C13H16Cl2N2O3/c1-2-3-11(13(19)20)17-12(18)7-16-8-4-5-9(14)10(15)6-8/h4-6,11,16H,2-3,7H2,1H3,(H,17,18)(H,19,20). The van der Waals surface area contributed by atoms with E-state index >= 15 is 0 Å². The van der Waals surface area contributed by atoms with Crippen LogP contribution in [0.4, 0.5) is 5.69 Å². The summed E-state index contributed by atoms with van der Waals surface area (Å²) in [5, 5.41) is 15.1. The quantitative estimate of drug-likeness (QED) is 0.722. The molecular formula is C13H16Cl2N2O3. The Balaban J connectivity index is 2.50. The molecule has 0 aliphatic rings. The molecule has 0 aliphatic heterocycles. The fourth-order valence-electron chi connectivity index (χ4n) is 1.58. The molecule has 1 unspecified atom stereocenters. The first-order valence-corrected chi connectivity index (χ1v) is 6.90. The molecule has 0 saturated carbocycles. The molecule has 0 spiro atoms. The summed E-state index contributed by atoms with van der Waals surface area (Å²) >= 11 is 11.6. The summed E-state index contributed by atoms with van der Waals surface area (Å²) in [4.78, 5) is 22.6. The summed E-state index contributed by atoms with van der Waals surface area (Å²) < 4.78 is 0. The maximum absolute atomic E-state index is 11.7. The van der Waals surface area contributed by atoms with Crippen LogP contribution in [0.1, 0.15) is 19.8 Å². The van der Waals surface area contributed by atoms with Gasteiger partial charge in [-0.1, -0.05) is 36.5 Å². The fourth-order valence-corrected chi connectivity index (χ4v) is 1.88. The molecule has 1 atom stereocenters. The number of hydrogen-bond donors (Lipinski definition) is 3. The van der Waals surface area contributed by atoms with Crippen LogP contribution in [0.15, 0.2) is 18.2 Å². The zero-order chi connectivity index (χ0) is 15.1. The van der Waals surface area contributed by atoms with E-state index in [1.165, 1.54) is 0 Å². The molecule has 110 valence electrons. The van der Waals surface area contributed by atoms with Gasteiger partial charge >= 0.3 is 5.97 Å². The molecule has 1 aromatic rings. The molecule has 1 amide bonds. The lowest BCUT2D eigenvalue weighted by Crippen LogP contribution is -2.43. The average molecular weight is 319 g/mol. The van der Waals surface area contributed by atoms with Crippen LogP contribution in [0.3, 0.4) is 0 Å². The smallest absolute Gasteiger partial charge is 0.326 e. The van der Waals surface area contributed by atoms with E-state index in [9.17, 15) is 9.59 Å². The Morgan fingerprint density at radius 1 is 1.30 bits per heavy atom. The minimum Gasteiger partial charge on any atom is -0.480 e. The van der Waals surface area contributed by atoms with Crippen molar-refractivity contribution in [1.82, 2.24) is 5.32 Å². The van der Waals surface area contributed by atoms with Crippen molar-refractivity contribution in [1.29, 1.82) is 0 Å². The Morgan fingerprint density at radius 2 is 2.00 bits per heavy atom. The van der Waals surface area contributed by atoms with E-state index in [0.717, 1.165) is 0 Å². The van der Waals surface area contributed by atoms with Crippen LogP contribution in [-0.2, 0) is 9.59 Å². The van der Waals surface area contributed by atoms with Crippen LogP contribution < -0.4 is 10.6 Å². The van der Waals surface area contributed by atoms with Gasteiger partial charge in [0.05, 0.1) is 16.6 Å². The van der Waals surface area contributed by atoms with Gasteiger partial charge in [-0.2, -0.15) is 0 Å². The summed E-state index contributed by atoms with van der Waals surface area (Å²) in [6, 6.07) is 4.03. The SMILES string of the molecule is CCCC(NC(=O)CNc1ccc(Cl)c(Cl)c1)C(=O)O. The molecule has 0 bridgehead atoms. The van der Waals surface area contributed by atoms with E-state index < -0.39 is 17.9 Å². The van der Waals surface area contributed by atoms with Crippen LogP contribution in [-0.4, -0.2) is 29.6 Å². The second-order valence-electron chi connectivity index (χ2n) is 4.23. The maximum atomic E-state index is 11.7. The molecular weight excluding hydrogens is 303 g/mol. The molecule has 20 heavy (non-hydrogen) atoms. The molecule has 0 aliphatic carbocycles. The normalized spacial score (nSPS) is 11.8. The van der Waals surface area contributed by atoms with Crippen molar-refractivity contribution in [3.05, 3.63) is 28.2 Å². The third-order valence-electron chi connectivity index (χ3n) is 2.58. The van der Waals surface area contributed by atoms with Crippen LogP contribution in [0.25, 0.3) is 0 Å². The zero-order valence-corrected chi connectivity index (χ0v) is 12.5. The van der Waals surface area contributed by atoms with Gasteiger partial charge in [-0.15, -0.1) is 0 Å². The van der Waals surface area contributed by atoms with Gasteiger partial charge in [-0.3, -0.25) is 4.79 Å². The van der Waals surface area contributed by atoms with Crippen LogP contribution in [0.2, 0.25) is 10.0 Å². The van der Waals surface area contributed by atoms with E-state index in [0.29, 0.717) is 28.6 Å². The van der Waals surface area contributed by atoms with Crippen LogP contribution in [0.5, 0.6) is 0 Å². The molecule has 0 aromatic heterocycles. The summed E-state index contributed by atoms with van der Waals surface area (Å²) in [6.45, 7) is 1.82. The molecule has 1 aromatic carbocycles. The van der Waals surface area contributed by atoms with Crippen molar-refractivity contribution in [3.63, 3.8) is 0 Å². The molecule has 0 radical (unpaired) electrons. The highest BCUT2D eigenvalue weighted by atomic mass is 35.5. The number of rotatable bonds is 7. The Labute approximate surface area is 127 Å². The number of carbonyl (C=O) groups is 2. The van der Waals surface area contributed by atoms with Crippen molar-refractivity contribution in [2.45, 2.75) is 25.8 Å². The van der Waals surface area contributed by atoms with Crippen molar-refractivity contribution >= 4 is 40.8 Å².